The van der Waals surface area contributed by atoms with E-state index < -0.39 is 6.04 Å². The molecule has 7 aromatic carbocycles. The van der Waals surface area contributed by atoms with E-state index >= 15 is 0 Å². The van der Waals surface area contributed by atoms with E-state index in [9.17, 15) is 0 Å². The highest BCUT2D eigenvalue weighted by Gasteiger charge is 2.22. The number of aromatic nitrogens is 2. The maximum atomic E-state index is 8.90. The quantitative estimate of drug-likeness (QED) is 0.208. The van der Waals surface area contributed by atoms with Gasteiger partial charge in [-0.3, -0.25) is 4.57 Å². The van der Waals surface area contributed by atoms with Crippen LogP contribution in [0.1, 0.15) is 6.85 Å². The standard InChI is InChI=1S/C39H26N2/c1-3-15-27(16-4-1)29-19-7-8-20-30(29)37-31-21-9-11-23-33(31)38(34-24-12-10-22-32(34)37)39-40-35-25-13-14-26-36(35)41(39)28-17-5-2-6-18-28/h1-26H/i2D,5D,6D,17D,18D. The first-order valence-electron chi connectivity index (χ1n) is 16.1. The lowest BCUT2D eigenvalue weighted by Gasteiger charge is -2.20. The van der Waals surface area contributed by atoms with E-state index in [1.54, 1.807) is 4.57 Å². The smallest absolute Gasteiger partial charge is 0.146 e. The minimum atomic E-state index is -0.429. The van der Waals surface area contributed by atoms with Gasteiger partial charge in [-0.1, -0.05) is 133 Å². The molecule has 0 saturated heterocycles. The van der Waals surface area contributed by atoms with Crippen molar-refractivity contribution in [2.75, 3.05) is 0 Å². The number of para-hydroxylation sites is 3. The van der Waals surface area contributed by atoms with E-state index in [4.69, 9.17) is 11.8 Å². The highest BCUT2D eigenvalue weighted by Crippen LogP contribution is 2.46. The Kier molecular flexibility index (Phi) is 4.40. The molecule has 192 valence electrons. The summed E-state index contributed by atoms with van der Waals surface area (Å²) in [6.07, 6.45) is 0. The zero-order chi connectivity index (χ0) is 31.5. The number of fused-ring (bicyclic) bond motifs is 3. The molecule has 0 amide bonds. The van der Waals surface area contributed by atoms with Crippen molar-refractivity contribution in [3.63, 3.8) is 0 Å². The number of imidazole rings is 1. The molecule has 0 fully saturated rings. The SMILES string of the molecule is [2H]c1c([2H])c([2H])c(-n2c(-c3c4ccccc4c(-c4ccccc4-c4ccccc4)c4ccccc34)nc3ccccc32)c([2H])c1[2H]. The summed E-state index contributed by atoms with van der Waals surface area (Å²) in [5.41, 5.74) is 6.66. The average Bonchev–Trinajstić information content (AvgIpc) is 3.48. The van der Waals surface area contributed by atoms with Crippen LogP contribution in [0.3, 0.4) is 0 Å². The Morgan fingerprint density at radius 2 is 1.02 bits per heavy atom. The highest BCUT2D eigenvalue weighted by molar-refractivity contribution is 6.22. The monoisotopic (exact) mass is 527 g/mol. The van der Waals surface area contributed by atoms with Gasteiger partial charge >= 0.3 is 0 Å². The summed E-state index contributed by atoms with van der Waals surface area (Å²) in [5, 5.41) is 3.95. The van der Waals surface area contributed by atoms with E-state index in [1.165, 1.54) is 0 Å². The van der Waals surface area contributed by atoms with Crippen LogP contribution in [0, 0.1) is 0 Å². The normalized spacial score (nSPS) is 13.1. The second-order valence-electron chi connectivity index (χ2n) is 9.99. The van der Waals surface area contributed by atoms with Crippen LogP contribution >= 0.6 is 0 Å². The molecule has 0 bridgehead atoms. The third-order valence-corrected chi connectivity index (χ3v) is 7.71. The van der Waals surface area contributed by atoms with Gasteiger partial charge in [0.05, 0.1) is 17.9 Å². The van der Waals surface area contributed by atoms with Crippen molar-refractivity contribution in [3.05, 3.63) is 158 Å². The molecule has 1 heterocycles. The lowest BCUT2D eigenvalue weighted by atomic mass is 9.85. The Morgan fingerprint density at radius 3 is 1.71 bits per heavy atom. The number of benzene rings is 7. The largest absolute Gasteiger partial charge is 0.292 e. The maximum absolute atomic E-state index is 8.90. The number of nitrogens with zero attached hydrogens (tertiary/aromatic N) is 2. The molecule has 8 aromatic rings. The van der Waals surface area contributed by atoms with Gasteiger partial charge in [0.15, 0.2) is 0 Å². The fraction of sp³-hybridized carbons (Fsp3) is 0. The third-order valence-electron chi connectivity index (χ3n) is 7.71. The first-order valence-corrected chi connectivity index (χ1v) is 13.6. The van der Waals surface area contributed by atoms with Gasteiger partial charge in [0, 0.05) is 11.3 Å². The van der Waals surface area contributed by atoms with Crippen LogP contribution in [0.2, 0.25) is 0 Å². The van der Waals surface area contributed by atoms with Crippen LogP contribution in [0.5, 0.6) is 0 Å². The first-order chi connectivity index (χ1) is 22.5. The van der Waals surface area contributed by atoms with Gasteiger partial charge < -0.3 is 0 Å². The fourth-order valence-corrected chi connectivity index (χ4v) is 6.01. The summed E-state index contributed by atoms with van der Waals surface area (Å²) >= 11 is 0. The van der Waals surface area contributed by atoms with Gasteiger partial charge in [0.25, 0.3) is 0 Å². The van der Waals surface area contributed by atoms with E-state index in [2.05, 4.69) is 72.8 Å². The molecule has 0 atom stereocenters. The highest BCUT2D eigenvalue weighted by atomic mass is 15.1. The number of hydrogen-bond donors (Lipinski definition) is 0. The minimum Gasteiger partial charge on any atom is -0.292 e. The molecule has 0 unspecified atom stereocenters. The molecule has 2 heteroatoms. The lowest BCUT2D eigenvalue weighted by Crippen LogP contribution is -1.99. The fourth-order valence-electron chi connectivity index (χ4n) is 6.01. The Morgan fingerprint density at radius 1 is 0.488 bits per heavy atom. The van der Waals surface area contributed by atoms with E-state index in [0.717, 1.165) is 49.4 Å². The Labute approximate surface area is 245 Å². The topological polar surface area (TPSA) is 17.8 Å². The first kappa shape index (κ1) is 18.8. The van der Waals surface area contributed by atoms with Crippen LogP contribution in [0.4, 0.5) is 0 Å². The van der Waals surface area contributed by atoms with Crippen molar-refractivity contribution < 1.29 is 6.85 Å². The summed E-state index contributed by atoms with van der Waals surface area (Å²) < 4.78 is 44.7. The molecule has 2 nitrogen and oxygen atoms in total. The van der Waals surface area contributed by atoms with E-state index in [-0.39, 0.29) is 29.9 Å². The molecule has 0 radical (unpaired) electrons. The number of hydrogen-bond acceptors (Lipinski definition) is 1. The van der Waals surface area contributed by atoms with Crippen molar-refractivity contribution in [1.82, 2.24) is 9.55 Å². The van der Waals surface area contributed by atoms with Crippen LogP contribution < -0.4 is 0 Å². The predicted molar refractivity (Wildman–Crippen MR) is 172 cm³/mol. The maximum Gasteiger partial charge on any atom is 0.146 e. The van der Waals surface area contributed by atoms with Crippen molar-refractivity contribution in [2.24, 2.45) is 0 Å². The summed E-state index contributed by atoms with van der Waals surface area (Å²) in [7, 11) is 0. The number of rotatable bonds is 4. The minimum absolute atomic E-state index is 0.0707. The molecule has 41 heavy (non-hydrogen) atoms. The molecule has 0 aliphatic heterocycles. The van der Waals surface area contributed by atoms with Crippen molar-refractivity contribution >= 4 is 32.6 Å². The van der Waals surface area contributed by atoms with Crippen molar-refractivity contribution in [1.29, 1.82) is 0 Å². The summed E-state index contributed by atoms with van der Waals surface area (Å²) in [6.45, 7) is 0. The van der Waals surface area contributed by atoms with Gasteiger partial charge in [-0.25, -0.2) is 4.98 Å². The van der Waals surface area contributed by atoms with Crippen LogP contribution in [0.15, 0.2) is 158 Å². The van der Waals surface area contributed by atoms with Crippen LogP contribution in [-0.2, 0) is 0 Å². The molecule has 8 rings (SSSR count). The Hall–Kier alpha value is -5.47. The zero-order valence-electron chi connectivity index (χ0n) is 27.0. The molecule has 0 aliphatic carbocycles. The van der Waals surface area contributed by atoms with Crippen molar-refractivity contribution in [3.8, 4) is 39.3 Å². The van der Waals surface area contributed by atoms with Gasteiger partial charge in [0.1, 0.15) is 5.82 Å². The third kappa shape index (κ3) is 3.76. The van der Waals surface area contributed by atoms with Crippen molar-refractivity contribution in [2.45, 2.75) is 0 Å². The van der Waals surface area contributed by atoms with Gasteiger partial charge in [-0.2, -0.15) is 0 Å². The zero-order valence-corrected chi connectivity index (χ0v) is 22.0. The molecule has 0 spiro atoms. The van der Waals surface area contributed by atoms with Gasteiger partial charge in [-0.15, -0.1) is 0 Å². The van der Waals surface area contributed by atoms with E-state index in [0.29, 0.717) is 16.9 Å². The average molecular weight is 528 g/mol. The lowest BCUT2D eigenvalue weighted by molar-refractivity contribution is 1.11. The predicted octanol–water partition coefficient (Wildman–Crippen LogP) is 10.3. The Bertz CT molecular complexity index is 2400. The molecule has 1 aromatic heterocycles. The summed E-state index contributed by atoms with van der Waals surface area (Å²) in [6, 6.07) is 41.1. The summed E-state index contributed by atoms with van der Waals surface area (Å²) in [4.78, 5) is 5.12. The molecular formula is C39H26N2. The van der Waals surface area contributed by atoms with Gasteiger partial charge in [-0.05, 0) is 68.0 Å². The van der Waals surface area contributed by atoms with E-state index in [1.807, 2.05) is 54.6 Å². The second-order valence-corrected chi connectivity index (χ2v) is 9.99. The molecule has 0 saturated carbocycles. The van der Waals surface area contributed by atoms with Crippen LogP contribution in [0.25, 0.3) is 71.9 Å². The van der Waals surface area contributed by atoms with Gasteiger partial charge in [0.2, 0.25) is 0 Å². The van der Waals surface area contributed by atoms with Crippen LogP contribution in [-0.4, -0.2) is 9.55 Å². The summed E-state index contributed by atoms with van der Waals surface area (Å²) in [5.74, 6) is 0.509. The molecular weight excluding hydrogens is 496 g/mol. The Balaban J connectivity index is 1.54. The molecule has 0 aliphatic rings. The molecule has 0 N–H and O–H groups in total. The second kappa shape index (κ2) is 9.62.